The Labute approximate surface area is 190 Å². The van der Waals surface area contributed by atoms with Gasteiger partial charge in [0.15, 0.2) is 0 Å². The van der Waals surface area contributed by atoms with Crippen LogP contribution in [0, 0.1) is 0 Å². The number of hydrogen-bond donors (Lipinski definition) is 3. The minimum Gasteiger partial charge on any atom is -0.394 e. The fourth-order valence-electron chi connectivity index (χ4n) is 3.13. The first kappa shape index (κ1) is 21.8. The number of aliphatic hydroxyl groups is 1. The Hall–Kier alpha value is -3.42. The molecule has 3 N–H and O–H groups in total. The van der Waals surface area contributed by atoms with Gasteiger partial charge in [-0.05, 0) is 68.5 Å². The molecule has 0 saturated heterocycles. The molecule has 0 fully saturated rings. The Bertz CT molecular complexity index is 1270. The molecular formula is C25H24N4O2S. The van der Waals surface area contributed by atoms with Gasteiger partial charge in [0.25, 0.3) is 5.91 Å². The van der Waals surface area contributed by atoms with Crippen LogP contribution in [0.4, 0.5) is 0 Å². The molecule has 0 bridgehead atoms. The normalized spacial score (nSPS) is 11.8. The van der Waals surface area contributed by atoms with E-state index in [1.165, 1.54) is 11.8 Å². The van der Waals surface area contributed by atoms with Crippen molar-refractivity contribution in [3.8, 4) is 0 Å². The number of amides is 1. The van der Waals surface area contributed by atoms with Crippen LogP contribution in [0.3, 0.4) is 0 Å². The van der Waals surface area contributed by atoms with Gasteiger partial charge in [-0.1, -0.05) is 30.0 Å². The molecule has 2 aromatic heterocycles. The van der Waals surface area contributed by atoms with Crippen LogP contribution < -0.4 is 5.32 Å². The number of fused-ring (bicyclic) bond motifs is 1. The maximum absolute atomic E-state index is 12.8. The van der Waals surface area contributed by atoms with Gasteiger partial charge in [-0.25, -0.2) is 0 Å². The number of benzene rings is 2. The Morgan fingerprint density at radius 3 is 2.72 bits per heavy atom. The lowest BCUT2D eigenvalue weighted by Crippen LogP contribution is -2.46. The number of pyridine rings is 1. The van der Waals surface area contributed by atoms with Gasteiger partial charge in [-0.2, -0.15) is 5.10 Å². The number of hydrogen-bond acceptors (Lipinski definition) is 5. The summed E-state index contributed by atoms with van der Waals surface area (Å²) in [6, 6.07) is 19.3. The zero-order chi connectivity index (χ0) is 22.6. The van der Waals surface area contributed by atoms with Gasteiger partial charge < -0.3 is 10.4 Å². The highest BCUT2D eigenvalue weighted by atomic mass is 32.2. The highest BCUT2D eigenvalue weighted by molar-refractivity contribution is 7.99. The number of aromatic amines is 1. The van der Waals surface area contributed by atoms with Crippen molar-refractivity contribution in [3.63, 3.8) is 0 Å². The number of nitrogens with zero attached hydrogens (tertiary/aromatic N) is 2. The van der Waals surface area contributed by atoms with E-state index in [1.807, 2.05) is 66.7 Å². The van der Waals surface area contributed by atoms with Gasteiger partial charge in [0.05, 0.1) is 34.6 Å². The molecule has 0 unspecified atom stereocenters. The topological polar surface area (TPSA) is 90.9 Å². The first-order valence-electron chi connectivity index (χ1n) is 10.2. The van der Waals surface area contributed by atoms with E-state index in [4.69, 9.17) is 0 Å². The van der Waals surface area contributed by atoms with E-state index < -0.39 is 5.54 Å². The van der Waals surface area contributed by atoms with Gasteiger partial charge in [-0.3, -0.25) is 14.9 Å². The molecule has 0 spiro atoms. The van der Waals surface area contributed by atoms with E-state index in [9.17, 15) is 9.90 Å². The standard InChI is InChI=1S/C25H24N4O2S/c1-25(2,16-30)27-24(31)20-8-3-4-9-23(20)32-18-11-12-19-21(28-29-22(19)15-18)13-10-17-7-5-6-14-26-17/h3-15,30H,16H2,1-2H3,(H,27,31)(H,28,29)/b13-10+. The maximum atomic E-state index is 12.8. The molecule has 4 rings (SSSR count). The van der Waals surface area contributed by atoms with Crippen LogP contribution in [0.5, 0.6) is 0 Å². The average molecular weight is 445 g/mol. The fraction of sp³-hybridized carbons (Fsp3) is 0.160. The van der Waals surface area contributed by atoms with Crippen LogP contribution in [-0.2, 0) is 0 Å². The molecule has 2 aromatic carbocycles. The molecule has 0 aliphatic heterocycles. The van der Waals surface area contributed by atoms with Crippen LogP contribution in [0.2, 0.25) is 0 Å². The predicted octanol–water partition coefficient (Wildman–Crippen LogP) is 4.78. The van der Waals surface area contributed by atoms with Gasteiger partial charge in [0, 0.05) is 21.4 Å². The highest BCUT2D eigenvalue weighted by Crippen LogP contribution is 2.33. The number of carbonyl (C=O) groups excluding carboxylic acids is 1. The van der Waals surface area contributed by atoms with Crippen molar-refractivity contribution in [2.75, 3.05) is 6.61 Å². The van der Waals surface area contributed by atoms with E-state index in [-0.39, 0.29) is 12.5 Å². The number of aliphatic hydroxyl groups excluding tert-OH is 1. The summed E-state index contributed by atoms with van der Waals surface area (Å²) in [4.78, 5) is 18.9. The molecule has 0 aliphatic carbocycles. The van der Waals surface area contributed by atoms with Crippen LogP contribution >= 0.6 is 11.8 Å². The summed E-state index contributed by atoms with van der Waals surface area (Å²) in [7, 11) is 0. The number of carbonyl (C=O) groups is 1. The minimum absolute atomic E-state index is 0.137. The lowest BCUT2D eigenvalue weighted by atomic mass is 10.1. The predicted molar refractivity (Wildman–Crippen MR) is 128 cm³/mol. The summed E-state index contributed by atoms with van der Waals surface area (Å²) >= 11 is 1.51. The lowest BCUT2D eigenvalue weighted by molar-refractivity contribution is 0.0866. The third-order valence-electron chi connectivity index (χ3n) is 4.87. The Morgan fingerprint density at radius 1 is 1.12 bits per heavy atom. The molecule has 0 saturated carbocycles. The molecule has 4 aromatic rings. The molecule has 0 atom stereocenters. The first-order chi connectivity index (χ1) is 15.4. The summed E-state index contributed by atoms with van der Waals surface area (Å²) < 4.78 is 0. The zero-order valence-corrected chi connectivity index (χ0v) is 18.7. The van der Waals surface area contributed by atoms with Crippen molar-refractivity contribution in [1.29, 1.82) is 0 Å². The monoisotopic (exact) mass is 444 g/mol. The van der Waals surface area contributed by atoms with E-state index >= 15 is 0 Å². The minimum atomic E-state index is -0.692. The second-order valence-corrected chi connectivity index (χ2v) is 9.11. The molecule has 7 heteroatoms. The number of rotatable bonds is 7. The lowest BCUT2D eigenvalue weighted by Gasteiger charge is -2.24. The Morgan fingerprint density at radius 2 is 1.94 bits per heavy atom. The quantitative estimate of drug-likeness (QED) is 0.382. The molecule has 0 radical (unpaired) electrons. The van der Waals surface area contributed by atoms with Crippen LogP contribution in [0.1, 0.15) is 35.6 Å². The summed E-state index contributed by atoms with van der Waals surface area (Å²) in [6.07, 6.45) is 5.63. The average Bonchev–Trinajstić information content (AvgIpc) is 3.20. The van der Waals surface area contributed by atoms with E-state index in [0.717, 1.165) is 32.1 Å². The molecule has 0 aliphatic rings. The van der Waals surface area contributed by atoms with Crippen molar-refractivity contribution in [2.45, 2.75) is 29.2 Å². The number of nitrogens with one attached hydrogen (secondary N) is 2. The smallest absolute Gasteiger partial charge is 0.252 e. The third kappa shape index (κ3) is 5.07. The summed E-state index contributed by atoms with van der Waals surface area (Å²) in [6.45, 7) is 3.43. The van der Waals surface area contributed by atoms with Crippen molar-refractivity contribution < 1.29 is 9.90 Å². The largest absolute Gasteiger partial charge is 0.394 e. The molecule has 32 heavy (non-hydrogen) atoms. The Kier molecular flexibility index (Phi) is 6.39. The highest BCUT2D eigenvalue weighted by Gasteiger charge is 2.21. The fourth-order valence-corrected chi connectivity index (χ4v) is 4.12. The van der Waals surface area contributed by atoms with Gasteiger partial charge in [0.2, 0.25) is 0 Å². The number of aromatic nitrogens is 3. The van der Waals surface area contributed by atoms with Crippen LogP contribution in [0.25, 0.3) is 23.1 Å². The van der Waals surface area contributed by atoms with Crippen LogP contribution in [0.15, 0.2) is 76.7 Å². The van der Waals surface area contributed by atoms with Crippen LogP contribution in [-0.4, -0.2) is 38.3 Å². The number of H-pyrrole nitrogens is 1. The van der Waals surface area contributed by atoms with Crippen molar-refractivity contribution in [1.82, 2.24) is 20.5 Å². The second-order valence-electron chi connectivity index (χ2n) is 8.00. The van der Waals surface area contributed by atoms with Gasteiger partial charge >= 0.3 is 0 Å². The van der Waals surface area contributed by atoms with Crippen molar-refractivity contribution in [2.24, 2.45) is 0 Å². The van der Waals surface area contributed by atoms with Crippen molar-refractivity contribution >= 4 is 40.7 Å². The molecule has 2 heterocycles. The van der Waals surface area contributed by atoms with E-state index in [2.05, 4.69) is 20.5 Å². The Balaban J connectivity index is 1.56. The molecule has 1 amide bonds. The molecule has 6 nitrogen and oxygen atoms in total. The van der Waals surface area contributed by atoms with Gasteiger partial charge in [0.1, 0.15) is 0 Å². The van der Waals surface area contributed by atoms with Crippen molar-refractivity contribution in [3.05, 3.63) is 83.8 Å². The SMILES string of the molecule is CC(C)(CO)NC(=O)c1ccccc1Sc1ccc2c(/C=C/c3ccccn3)n[nH]c2c1. The second kappa shape index (κ2) is 9.38. The summed E-state index contributed by atoms with van der Waals surface area (Å²) in [5.74, 6) is -0.211. The summed E-state index contributed by atoms with van der Waals surface area (Å²) in [5.41, 5.74) is 2.51. The van der Waals surface area contributed by atoms with Gasteiger partial charge in [-0.15, -0.1) is 0 Å². The maximum Gasteiger partial charge on any atom is 0.252 e. The molecular weight excluding hydrogens is 420 g/mol. The zero-order valence-electron chi connectivity index (χ0n) is 17.9. The summed E-state index contributed by atoms with van der Waals surface area (Å²) in [5, 5.41) is 20.9. The first-order valence-corrected chi connectivity index (χ1v) is 11.0. The van der Waals surface area contributed by atoms with E-state index in [0.29, 0.717) is 5.56 Å². The van der Waals surface area contributed by atoms with E-state index in [1.54, 1.807) is 26.1 Å². The third-order valence-corrected chi connectivity index (χ3v) is 5.94. The molecule has 162 valence electrons.